The molecule has 0 saturated heterocycles. The minimum atomic E-state index is -1.36. The molecule has 0 bridgehead atoms. The molecule has 94 valence electrons. The smallest absolute Gasteiger partial charge is 0.298 e. The van der Waals surface area contributed by atoms with E-state index in [2.05, 4.69) is 10.3 Å². The minimum Gasteiger partial charge on any atom is -0.325 e. The molecule has 0 saturated carbocycles. The van der Waals surface area contributed by atoms with E-state index in [1.54, 1.807) is 0 Å². The van der Waals surface area contributed by atoms with Crippen molar-refractivity contribution < 1.29 is 13.7 Å². The molecule has 2 N–H and O–H groups in total. The fourth-order valence-corrected chi connectivity index (χ4v) is 1.40. The lowest BCUT2D eigenvalue weighted by atomic mass is 10.2. The molecule has 0 fully saturated rings. The second-order valence-corrected chi connectivity index (χ2v) is 3.34. The molecule has 0 atom stereocenters. The molecule has 2 aromatic rings. The summed E-state index contributed by atoms with van der Waals surface area (Å²) in [5.41, 5.74) is 4.38. The van der Waals surface area contributed by atoms with Crippen LogP contribution in [0.25, 0.3) is 5.69 Å². The lowest BCUT2D eigenvalue weighted by molar-refractivity contribution is -0.384. The molecule has 9 heteroatoms. The molecular weight excluding hydrogens is 248 g/mol. The quantitative estimate of drug-likeness (QED) is 0.649. The number of nitrogens with two attached hydrogens (primary N) is 1. The number of hydrogen-bond acceptors (Lipinski definition) is 5. The van der Waals surface area contributed by atoms with Crippen molar-refractivity contribution in [2.45, 2.75) is 6.54 Å². The van der Waals surface area contributed by atoms with Gasteiger partial charge in [0.25, 0.3) is 5.69 Å². The molecule has 7 nitrogen and oxygen atoms in total. The monoisotopic (exact) mass is 255 g/mol. The number of nitro benzene ring substituents is 1. The van der Waals surface area contributed by atoms with Crippen molar-refractivity contribution in [3.05, 3.63) is 45.8 Å². The Hall–Kier alpha value is -2.42. The number of benzene rings is 1. The van der Waals surface area contributed by atoms with Crippen LogP contribution in [0.4, 0.5) is 14.5 Å². The van der Waals surface area contributed by atoms with Crippen molar-refractivity contribution in [2.75, 3.05) is 0 Å². The van der Waals surface area contributed by atoms with Gasteiger partial charge in [-0.1, -0.05) is 5.21 Å². The van der Waals surface area contributed by atoms with Gasteiger partial charge in [-0.2, -0.15) is 0 Å². The van der Waals surface area contributed by atoms with Crippen molar-refractivity contribution >= 4 is 5.69 Å². The van der Waals surface area contributed by atoms with Gasteiger partial charge in [0.2, 0.25) is 0 Å². The van der Waals surface area contributed by atoms with Crippen LogP contribution in [-0.4, -0.2) is 19.9 Å². The molecule has 0 aliphatic heterocycles. The lowest BCUT2D eigenvalue weighted by Crippen LogP contribution is -2.06. The topological polar surface area (TPSA) is 99.9 Å². The molecule has 0 amide bonds. The largest absolute Gasteiger partial charge is 0.325 e. The predicted molar refractivity (Wildman–Crippen MR) is 55.8 cm³/mol. The molecule has 0 radical (unpaired) electrons. The zero-order valence-corrected chi connectivity index (χ0v) is 8.88. The highest BCUT2D eigenvalue weighted by Crippen LogP contribution is 2.26. The van der Waals surface area contributed by atoms with Crippen molar-refractivity contribution in [3.8, 4) is 5.69 Å². The van der Waals surface area contributed by atoms with Gasteiger partial charge in [-0.15, -0.1) is 5.10 Å². The summed E-state index contributed by atoms with van der Waals surface area (Å²) in [4.78, 5) is 9.93. The third-order valence-corrected chi connectivity index (χ3v) is 2.22. The fourth-order valence-electron chi connectivity index (χ4n) is 1.40. The zero-order valence-electron chi connectivity index (χ0n) is 8.88. The first-order valence-electron chi connectivity index (χ1n) is 4.78. The van der Waals surface area contributed by atoms with E-state index in [9.17, 15) is 18.9 Å². The molecule has 0 aliphatic carbocycles. The summed E-state index contributed by atoms with van der Waals surface area (Å²) in [5, 5.41) is 17.8. The molecule has 0 spiro atoms. The van der Waals surface area contributed by atoms with Crippen LogP contribution in [0.15, 0.2) is 18.3 Å². The molecule has 0 unspecified atom stereocenters. The van der Waals surface area contributed by atoms with Crippen LogP contribution >= 0.6 is 0 Å². The summed E-state index contributed by atoms with van der Waals surface area (Å²) in [5.74, 6) is -2.57. The maximum absolute atomic E-state index is 13.6. The summed E-state index contributed by atoms with van der Waals surface area (Å²) in [6, 6.07) is 1.54. The standard InChI is InChI=1S/C9H7F2N5O2/c10-6-1-2-7(16(17)18)9(8(6)11)15-4-5(3-12)13-14-15/h1-2,4H,3,12H2. The highest BCUT2D eigenvalue weighted by atomic mass is 19.2. The van der Waals surface area contributed by atoms with Crippen LogP contribution in [0.3, 0.4) is 0 Å². The summed E-state index contributed by atoms with van der Waals surface area (Å²) in [6.45, 7) is 0.0325. The van der Waals surface area contributed by atoms with E-state index in [-0.39, 0.29) is 6.54 Å². The van der Waals surface area contributed by atoms with Gasteiger partial charge in [0.1, 0.15) is 0 Å². The maximum atomic E-state index is 13.6. The number of nitrogens with zero attached hydrogens (tertiary/aromatic N) is 4. The number of hydrogen-bond donors (Lipinski definition) is 1. The highest BCUT2D eigenvalue weighted by Gasteiger charge is 2.24. The SMILES string of the molecule is NCc1cn(-c2c([N+](=O)[O-])ccc(F)c2F)nn1. The second kappa shape index (κ2) is 4.45. The number of halogens is 2. The highest BCUT2D eigenvalue weighted by molar-refractivity contribution is 5.53. The van der Waals surface area contributed by atoms with Gasteiger partial charge in [-0.25, -0.2) is 13.5 Å². The van der Waals surface area contributed by atoms with Crippen LogP contribution in [0.5, 0.6) is 0 Å². The van der Waals surface area contributed by atoms with E-state index in [1.807, 2.05) is 0 Å². The van der Waals surface area contributed by atoms with Gasteiger partial charge in [0, 0.05) is 12.6 Å². The Balaban J connectivity index is 2.67. The average molecular weight is 255 g/mol. The lowest BCUT2D eigenvalue weighted by Gasteiger charge is -2.03. The first-order chi connectivity index (χ1) is 8.54. The zero-order chi connectivity index (χ0) is 13.3. The molecule has 1 aromatic carbocycles. The Morgan fingerprint density at radius 1 is 1.44 bits per heavy atom. The van der Waals surface area contributed by atoms with E-state index in [4.69, 9.17) is 5.73 Å². The first kappa shape index (κ1) is 12.0. The van der Waals surface area contributed by atoms with Crippen molar-refractivity contribution in [1.29, 1.82) is 0 Å². The molecule has 1 heterocycles. The van der Waals surface area contributed by atoms with Gasteiger partial charge >= 0.3 is 0 Å². The van der Waals surface area contributed by atoms with Gasteiger partial charge in [0.05, 0.1) is 16.8 Å². The second-order valence-electron chi connectivity index (χ2n) is 3.34. The Bertz CT molecular complexity index is 613. The molecule has 18 heavy (non-hydrogen) atoms. The number of rotatable bonds is 3. The predicted octanol–water partition coefficient (Wildman–Crippen LogP) is 0.912. The first-order valence-corrected chi connectivity index (χ1v) is 4.78. The average Bonchev–Trinajstić information content (AvgIpc) is 2.80. The third-order valence-electron chi connectivity index (χ3n) is 2.22. The van der Waals surface area contributed by atoms with Crippen molar-refractivity contribution in [1.82, 2.24) is 15.0 Å². The Morgan fingerprint density at radius 3 is 2.72 bits per heavy atom. The van der Waals surface area contributed by atoms with Crippen molar-refractivity contribution in [2.24, 2.45) is 5.73 Å². The number of aromatic nitrogens is 3. The molecule has 1 aromatic heterocycles. The van der Waals surface area contributed by atoms with Gasteiger partial charge in [-0.3, -0.25) is 10.1 Å². The summed E-state index contributed by atoms with van der Waals surface area (Å²) in [7, 11) is 0. The van der Waals surface area contributed by atoms with Crippen LogP contribution in [0, 0.1) is 21.7 Å². The number of nitro groups is 1. The Kier molecular flexibility index (Phi) is 2.98. The maximum Gasteiger partial charge on any atom is 0.298 e. The third kappa shape index (κ3) is 1.91. The normalized spacial score (nSPS) is 10.6. The Morgan fingerprint density at radius 2 is 2.17 bits per heavy atom. The van der Waals surface area contributed by atoms with E-state index in [1.165, 1.54) is 6.20 Å². The van der Waals surface area contributed by atoms with E-state index >= 15 is 0 Å². The van der Waals surface area contributed by atoms with E-state index < -0.39 is 27.9 Å². The molecule has 2 rings (SSSR count). The summed E-state index contributed by atoms with van der Waals surface area (Å²) < 4.78 is 27.5. The van der Waals surface area contributed by atoms with Gasteiger partial charge < -0.3 is 5.73 Å². The van der Waals surface area contributed by atoms with Crippen LogP contribution in [0.2, 0.25) is 0 Å². The van der Waals surface area contributed by atoms with Crippen molar-refractivity contribution in [3.63, 3.8) is 0 Å². The van der Waals surface area contributed by atoms with Crippen LogP contribution in [0.1, 0.15) is 5.69 Å². The fraction of sp³-hybridized carbons (Fsp3) is 0.111. The summed E-state index contributed by atoms with van der Waals surface area (Å²) >= 11 is 0. The minimum absolute atomic E-state index is 0.0325. The Labute approximate surface area is 99.0 Å². The van der Waals surface area contributed by atoms with E-state index in [0.29, 0.717) is 11.8 Å². The van der Waals surface area contributed by atoms with Gasteiger partial charge in [0.15, 0.2) is 17.3 Å². The molecule has 0 aliphatic rings. The van der Waals surface area contributed by atoms with Crippen LogP contribution < -0.4 is 5.73 Å². The van der Waals surface area contributed by atoms with Crippen LogP contribution in [-0.2, 0) is 6.54 Å². The summed E-state index contributed by atoms with van der Waals surface area (Å²) in [6.07, 6.45) is 1.20. The van der Waals surface area contributed by atoms with Gasteiger partial charge in [-0.05, 0) is 6.07 Å². The molecular formula is C9H7F2N5O2. The van der Waals surface area contributed by atoms with E-state index in [0.717, 1.165) is 10.7 Å².